The van der Waals surface area contributed by atoms with Gasteiger partial charge in [-0.25, -0.2) is 0 Å². The van der Waals surface area contributed by atoms with Crippen molar-refractivity contribution in [3.63, 3.8) is 0 Å². The molecule has 1 aliphatic rings. The van der Waals surface area contributed by atoms with Crippen LogP contribution in [0, 0.1) is 0 Å². The first-order chi connectivity index (χ1) is 9.24. The highest BCUT2D eigenvalue weighted by Gasteiger charge is 2.20. The van der Waals surface area contributed by atoms with Crippen LogP contribution in [-0.2, 0) is 6.54 Å². The van der Waals surface area contributed by atoms with Gasteiger partial charge in [-0.1, -0.05) is 53.5 Å². The normalized spacial score (nSPS) is 14.6. The Labute approximate surface area is 123 Å². The van der Waals surface area contributed by atoms with Crippen molar-refractivity contribution >= 4 is 23.2 Å². The van der Waals surface area contributed by atoms with Crippen molar-refractivity contribution in [2.45, 2.75) is 25.4 Å². The fraction of sp³-hybridized carbons (Fsp3) is 0.250. The van der Waals surface area contributed by atoms with Crippen LogP contribution < -0.4 is 5.32 Å². The Morgan fingerprint density at radius 1 is 0.947 bits per heavy atom. The van der Waals surface area contributed by atoms with Gasteiger partial charge in [0.05, 0.1) is 0 Å². The smallest absolute Gasteiger partial charge is 0.0488 e. The van der Waals surface area contributed by atoms with Crippen LogP contribution >= 0.6 is 23.2 Å². The largest absolute Gasteiger partial charge is 0.310 e. The molecular formula is C16H15Cl2N. The highest BCUT2D eigenvalue weighted by molar-refractivity contribution is 6.36. The Balaban J connectivity index is 1.84. The van der Waals surface area contributed by atoms with Crippen molar-refractivity contribution < 1.29 is 0 Å². The molecule has 19 heavy (non-hydrogen) atoms. The van der Waals surface area contributed by atoms with Crippen LogP contribution in [0.5, 0.6) is 0 Å². The summed E-state index contributed by atoms with van der Waals surface area (Å²) in [6, 6.07) is 14.7. The highest BCUT2D eigenvalue weighted by Crippen LogP contribution is 2.33. The lowest BCUT2D eigenvalue weighted by Crippen LogP contribution is -2.15. The van der Waals surface area contributed by atoms with Crippen LogP contribution in [0.1, 0.15) is 18.4 Å². The summed E-state index contributed by atoms with van der Waals surface area (Å²) in [6.07, 6.45) is 2.59. The number of nitrogens with one attached hydrogen (secondary N) is 1. The maximum atomic E-state index is 6.38. The third-order valence-corrected chi connectivity index (χ3v) is 4.01. The standard InChI is InChI=1S/C16H15Cl2N/c17-15-4-2-1-3-13(15)14-8-5-11(9-16(14)18)10-19-12-6-7-12/h1-5,8-9,12,19H,6-7,10H2. The second-order valence-electron chi connectivity index (χ2n) is 4.95. The predicted molar refractivity (Wildman–Crippen MR) is 81.8 cm³/mol. The maximum absolute atomic E-state index is 6.38. The van der Waals surface area contributed by atoms with Crippen molar-refractivity contribution in [2.75, 3.05) is 0 Å². The van der Waals surface area contributed by atoms with Crippen LogP contribution in [0.3, 0.4) is 0 Å². The summed E-state index contributed by atoms with van der Waals surface area (Å²) in [5.74, 6) is 0. The molecule has 1 aliphatic carbocycles. The number of rotatable bonds is 4. The Morgan fingerprint density at radius 3 is 2.37 bits per heavy atom. The maximum Gasteiger partial charge on any atom is 0.0488 e. The van der Waals surface area contributed by atoms with Crippen LogP contribution in [0.2, 0.25) is 10.0 Å². The molecule has 0 aliphatic heterocycles. The molecule has 1 fully saturated rings. The zero-order valence-corrected chi connectivity index (χ0v) is 12.0. The van der Waals surface area contributed by atoms with Crippen LogP contribution in [-0.4, -0.2) is 6.04 Å². The summed E-state index contributed by atoms with van der Waals surface area (Å²) in [6.45, 7) is 0.882. The van der Waals surface area contributed by atoms with Gasteiger partial charge < -0.3 is 5.32 Å². The van der Waals surface area contributed by atoms with Crippen molar-refractivity contribution in [3.05, 3.63) is 58.1 Å². The molecule has 0 radical (unpaired) electrons. The number of halogens is 2. The zero-order valence-electron chi connectivity index (χ0n) is 10.5. The predicted octanol–water partition coefficient (Wildman–Crippen LogP) is 4.91. The van der Waals surface area contributed by atoms with Gasteiger partial charge in [-0.05, 0) is 30.5 Å². The monoisotopic (exact) mass is 291 g/mol. The van der Waals surface area contributed by atoms with E-state index in [0.29, 0.717) is 6.04 Å². The van der Waals surface area contributed by atoms with Gasteiger partial charge in [0.25, 0.3) is 0 Å². The average molecular weight is 292 g/mol. The molecule has 2 aromatic carbocycles. The lowest BCUT2D eigenvalue weighted by molar-refractivity contribution is 0.688. The van der Waals surface area contributed by atoms with Crippen molar-refractivity contribution in [1.29, 1.82) is 0 Å². The third kappa shape index (κ3) is 3.11. The van der Waals surface area contributed by atoms with E-state index in [2.05, 4.69) is 11.4 Å². The first-order valence-corrected chi connectivity index (χ1v) is 7.26. The summed E-state index contributed by atoms with van der Waals surface area (Å²) in [7, 11) is 0. The first kappa shape index (κ1) is 13.0. The minimum Gasteiger partial charge on any atom is -0.310 e. The Kier molecular flexibility index (Phi) is 3.79. The lowest BCUT2D eigenvalue weighted by atomic mass is 10.0. The van der Waals surface area contributed by atoms with Crippen molar-refractivity contribution in [2.24, 2.45) is 0 Å². The van der Waals surface area contributed by atoms with Gasteiger partial charge in [0.15, 0.2) is 0 Å². The second kappa shape index (κ2) is 5.54. The van der Waals surface area contributed by atoms with Gasteiger partial charge in [0, 0.05) is 33.8 Å². The molecule has 98 valence electrons. The Bertz CT molecular complexity index is 591. The number of benzene rings is 2. The van der Waals surface area contributed by atoms with Gasteiger partial charge in [0.1, 0.15) is 0 Å². The van der Waals surface area contributed by atoms with Crippen LogP contribution in [0.15, 0.2) is 42.5 Å². The van der Waals surface area contributed by atoms with E-state index in [1.54, 1.807) is 0 Å². The molecule has 1 saturated carbocycles. The summed E-state index contributed by atoms with van der Waals surface area (Å²) in [5.41, 5.74) is 3.19. The average Bonchev–Trinajstić information content (AvgIpc) is 3.22. The lowest BCUT2D eigenvalue weighted by Gasteiger charge is -2.09. The van der Waals surface area contributed by atoms with E-state index < -0.39 is 0 Å². The zero-order chi connectivity index (χ0) is 13.2. The molecule has 0 saturated heterocycles. The van der Waals surface area contributed by atoms with Gasteiger partial charge >= 0.3 is 0 Å². The van der Waals surface area contributed by atoms with E-state index in [9.17, 15) is 0 Å². The van der Waals surface area contributed by atoms with Gasteiger partial charge in [-0.15, -0.1) is 0 Å². The van der Waals surface area contributed by atoms with Gasteiger partial charge in [-0.3, -0.25) is 0 Å². The Morgan fingerprint density at radius 2 is 1.68 bits per heavy atom. The fourth-order valence-corrected chi connectivity index (χ4v) is 2.66. The minimum absolute atomic E-state index is 0.710. The molecule has 0 atom stereocenters. The fourth-order valence-electron chi connectivity index (χ4n) is 2.12. The molecular weight excluding hydrogens is 277 g/mol. The molecule has 1 nitrogen and oxygen atoms in total. The second-order valence-corrected chi connectivity index (χ2v) is 5.76. The van der Waals surface area contributed by atoms with Crippen molar-refractivity contribution in [1.82, 2.24) is 5.32 Å². The highest BCUT2D eigenvalue weighted by atomic mass is 35.5. The van der Waals surface area contributed by atoms with Crippen molar-refractivity contribution in [3.8, 4) is 11.1 Å². The van der Waals surface area contributed by atoms with Gasteiger partial charge in [-0.2, -0.15) is 0 Å². The molecule has 3 rings (SSSR count). The third-order valence-electron chi connectivity index (χ3n) is 3.37. The minimum atomic E-state index is 0.710. The summed E-state index contributed by atoms with van der Waals surface area (Å²) in [4.78, 5) is 0. The summed E-state index contributed by atoms with van der Waals surface area (Å²) in [5, 5.41) is 4.97. The topological polar surface area (TPSA) is 12.0 Å². The first-order valence-electron chi connectivity index (χ1n) is 6.51. The molecule has 2 aromatic rings. The van der Waals surface area contributed by atoms with E-state index >= 15 is 0 Å². The molecule has 0 unspecified atom stereocenters. The van der Waals surface area contributed by atoms with E-state index in [-0.39, 0.29) is 0 Å². The molecule has 0 amide bonds. The molecule has 0 aromatic heterocycles. The summed E-state index contributed by atoms with van der Waals surface area (Å²) >= 11 is 12.6. The van der Waals surface area contributed by atoms with Crippen LogP contribution in [0.4, 0.5) is 0 Å². The van der Waals surface area contributed by atoms with E-state index in [0.717, 1.165) is 27.7 Å². The molecule has 3 heteroatoms. The quantitative estimate of drug-likeness (QED) is 0.844. The molecule has 0 heterocycles. The van der Waals surface area contributed by atoms with E-state index in [4.69, 9.17) is 23.2 Å². The van der Waals surface area contributed by atoms with Gasteiger partial charge in [0.2, 0.25) is 0 Å². The summed E-state index contributed by atoms with van der Waals surface area (Å²) < 4.78 is 0. The van der Waals surface area contributed by atoms with Crippen LogP contribution in [0.25, 0.3) is 11.1 Å². The number of hydrogen-bond donors (Lipinski definition) is 1. The molecule has 1 N–H and O–H groups in total. The Hall–Kier alpha value is -1.02. The SMILES string of the molecule is Clc1ccccc1-c1ccc(CNC2CC2)cc1Cl. The molecule has 0 bridgehead atoms. The van der Waals surface area contributed by atoms with E-state index in [1.807, 2.05) is 36.4 Å². The molecule has 0 spiro atoms. The van der Waals surface area contributed by atoms with E-state index in [1.165, 1.54) is 18.4 Å². The number of hydrogen-bond acceptors (Lipinski definition) is 1.